The minimum Gasteiger partial charge on any atom is -0.370 e. The van der Waals surface area contributed by atoms with Gasteiger partial charge in [-0.15, -0.1) is 0 Å². The van der Waals surface area contributed by atoms with Crippen molar-refractivity contribution in [2.24, 2.45) is 4.99 Å². The van der Waals surface area contributed by atoms with E-state index in [1.165, 1.54) is 0 Å². The summed E-state index contributed by atoms with van der Waals surface area (Å²) in [6.07, 6.45) is 1.68. The summed E-state index contributed by atoms with van der Waals surface area (Å²) in [5, 5.41) is 3.04. The summed E-state index contributed by atoms with van der Waals surface area (Å²) in [6, 6.07) is 10.0. The molecule has 2 aromatic rings. The second kappa shape index (κ2) is 3.24. The summed E-state index contributed by atoms with van der Waals surface area (Å²) in [4.78, 5) is 11.9. The second-order valence-corrected chi connectivity index (χ2v) is 3.39. The molecule has 74 valence electrons. The molecule has 4 heteroatoms. The summed E-state index contributed by atoms with van der Waals surface area (Å²) in [7, 11) is 0. The van der Waals surface area contributed by atoms with E-state index in [1.54, 1.807) is 6.34 Å². The fourth-order valence-electron chi connectivity index (χ4n) is 1.62. The largest absolute Gasteiger partial charge is 0.370 e. The lowest BCUT2D eigenvalue weighted by Gasteiger charge is -2.02. The van der Waals surface area contributed by atoms with E-state index >= 15 is 0 Å². The molecule has 0 saturated heterocycles. The monoisotopic (exact) mass is 198 g/mol. The number of imidazole rings is 1. The van der Waals surface area contributed by atoms with Crippen molar-refractivity contribution in [3.8, 4) is 11.4 Å². The molecule has 0 unspecified atom stereocenters. The maximum Gasteiger partial charge on any atom is 0.177 e. The van der Waals surface area contributed by atoms with Gasteiger partial charge in [0.15, 0.2) is 5.82 Å². The van der Waals surface area contributed by atoms with E-state index in [0.29, 0.717) is 0 Å². The molecule has 0 fully saturated rings. The zero-order chi connectivity index (χ0) is 10.1. The van der Waals surface area contributed by atoms with Crippen molar-refractivity contribution in [3.63, 3.8) is 0 Å². The molecule has 0 radical (unpaired) electrons. The summed E-state index contributed by atoms with van der Waals surface area (Å²) >= 11 is 0. The van der Waals surface area contributed by atoms with Gasteiger partial charge in [-0.05, 0) is 0 Å². The van der Waals surface area contributed by atoms with Gasteiger partial charge in [0, 0.05) is 5.56 Å². The molecule has 2 N–H and O–H groups in total. The molecule has 1 aliphatic rings. The minimum absolute atomic E-state index is 0.763. The fourth-order valence-corrected chi connectivity index (χ4v) is 1.62. The van der Waals surface area contributed by atoms with Gasteiger partial charge in [0.1, 0.15) is 5.82 Å². The van der Waals surface area contributed by atoms with Gasteiger partial charge >= 0.3 is 0 Å². The van der Waals surface area contributed by atoms with Crippen molar-refractivity contribution in [2.45, 2.75) is 6.54 Å². The highest BCUT2D eigenvalue weighted by Gasteiger charge is 2.11. The first-order valence-corrected chi connectivity index (χ1v) is 4.84. The highest BCUT2D eigenvalue weighted by molar-refractivity contribution is 5.66. The molecule has 4 nitrogen and oxygen atoms in total. The number of hydrogen-bond donors (Lipinski definition) is 2. The molecule has 15 heavy (non-hydrogen) atoms. The van der Waals surface area contributed by atoms with Gasteiger partial charge in [-0.2, -0.15) is 0 Å². The van der Waals surface area contributed by atoms with E-state index in [9.17, 15) is 0 Å². The average molecular weight is 198 g/mol. The number of H-pyrrole nitrogens is 1. The predicted molar refractivity (Wildman–Crippen MR) is 59.0 cm³/mol. The molecule has 0 amide bonds. The maximum absolute atomic E-state index is 4.43. The van der Waals surface area contributed by atoms with Gasteiger partial charge in [0.05, 0.1) is 18.6 Å². The highest BCUT2D eigenvalue weighted by atomic mass is 15.1. The molecule has 3 rings (SSSR count). The number of aromatic amines is 1. The van der Waals surface area contributed by atoms with Crippen LogP contribution in [-0.4, -0.2) is 16.3 Å². The van der Waals surface area contributed by atoms with Crippen LogP contribution in [0.15, 0.2) is 35.3 Å². The molecule has 1 aliphatic heterocycles. The Morgan fingerprint density at radius 2 is 2.00 bits per heavy atom. The van der Waals surface area contributed by atoms with E-state index < -0.39 is 0 Å². The summed E-state index contributed by atoms with van der Waals surface area (Å²) < 4.78 is 0. The van der Waals surface area contributed by atoms with Crippen LogP contribution in [0.25, 0.3) is 11.4 Å². The van der Waals surface area contributed by atoms with Crippen LogP contribution in [0.3, 0.4) is 0 Å². The standard InChI is InChI=1S/C11H10N4/c1-2-4-8(5-3-1)10-14-9-6-12-7-13-11(9)15-10/h1-5,7H,6H2,(H,12,13)(H,14,15). The highest BCUT2D eigenvalue weighted by Crippen LogP contribution is 2.23. The Kier molecular flexibility index (Phi) is 1.78. The second-order valence-electron chi connectivity index (χ2n) is 3.39. The molecule has 0 atom stereocenters. The molecule has 0 saturated carbocycles. The number of benzene rings is 1. The van der Waals surface area contributed by atoms with E-state index in [-0.39, 0.29) is 0 Å². The molecular weight excluding hydrogens is 188 g/mol. The lowest BCUT2D eigenvalue weighted by molar-refractivity contribution is 0.881. The van der Waals surface area contributed by atoms with Crippen LogP contribution in [0.2, 0.25) is 0 Å². The summed E-state index contributed by atoms with van der Waals surface area (Å²) in [5.74, 6) is 1.66. The Balaban J connectivity index is 2.07. The van der Waals surface area contributed by atoms with E-state index in [2.05, 4.69) is 20.3 Å². The fraction of sp³-hybridized carbons (Fsp3) is 0.0909. The van der Waals surface area contributed by atoms with Crippen LogP contribution in [0.4, 0.5) is 5.82 Å². The van der Waals surface area contributed by atoms with E-state index in [0.717, 1.165) is 29.4 Å². The Morgan fingerprint density at radius 3 is 2.80 bits per heavy atom. The zero-order valence-electron chi connectivity index (χ0n) is 8.07. The number of rotatable bonds is 1. The number of fused-ring (bicyclic) bond motifs is 1. The van der Waals surface area contributed by atoms with Crippen LogP contribution in [0.1, 0.15) is 5.69 Å². The molecule has 2 heterocycles. The van der Waals surface area contributed by atoms with Crippen LogP contribution in [0, 0.1) is 0 Å². The molecule has 1 aromatic carbocycles. The van der Waals surface area contributed by atoms with Crippen molar-refractivity contribution >= 4 is 12.2 Å². The smallest absolute Gasteiger partial charge is 0.177 e. The third-order valence-corrected chi connectivity index (χ3v) is 2.36. The Labute approximate surface area is 87.1 Å². The van der Waals surface area contributed by atoms with Crippen LogP contribution in [-0.2, 0) is 6.54 Å². The van der Waals surface area contributed by atoms with Crippen molar-refractivity contribution in [3.05, 3.63) is 36.0 Å². The Hall–Kier alpha value is -2.10. The molecule has 1 aromatic heterocycles. The molecule has 0 spiro atoms. The topological polar surface area (TPSA) is 53.1 Å². The maximum atomic E-state index is 4.43. The van der Waals surface area contributed by atoms with Gasteiger partial charge in [0.2, 0.25) is 0 Å². The van der Waals surface area contributed by atoms with Crippen LogP contribution < -0.4 is 5.32 Å². The molecule has 0 aliphatic carbocycles. The van der Waals surface area contributed by atoms with Crippen LogP contribution >= 0.6 is 0 Å². The third-order valence-electron chi connectivity index (χ3n) is 2.36. The van der Waals surface area contributed by atoms with Crippen molar-refractivity contribution < 1.29 is 0 Å². The first-order chi connectivity index (χ1) is 7.43. The minimum atomic E-state index is 0.763. The summed E-state index contributed by atoms with van der Waals surface area (Å²) in [5.41, 5.74) is 2.12. The van der Waals surface area contributed by atoms with Crippen molar-refractivity contribution in [1.29, 1.82) is 0 Å². The van der Waals surface area contributed by atoms with E-state index in [4.69, 9.17) is 0 Å². The Morgan fingerprint density at radius 1 is 1.13 bits per heavy atom. The SMILES string of the molecule is C1=Nc2nc(-c3ccccc3)[nH]c2CN1. The Bertz CT molecular complexity index is 499. The van der Waals surface area contributed by atoms with Crippen LogP contribution in [0.5, 0.6) is 0 Å². The first-order valence-electron chi connectivity index (χ1n) is 4.84. The van der Waals surface area contributed by atoms with Gasteiger partial charge in [-0.1, -0.05) is 30.3 Å². The van der Waals surface area contributed by atoms with Gasteiger partial charge in [-0.25, -0.2) is 9.98 Å². The number of aliphatic imine (C=N–C) groups is 1. The van der Waals surface area contributed by atoms with Crippen molar-refractivity contribution in [1.82, 2.24) is 15.3 Å². The molecular formula is C11H10N4. The van der Waals surface area contributed by atoms with Crippen molar-refractivity contribution in [2.75, 3.05) is 0 Å². The predicted octanol–water partition coefficient (Wildman–Crippen LogP) is 1.84. The van der Waals surface area contributed by atoms with E-state index in [1.807, 2.05) is 30.3 Å². The van der Waals surface area contributed by atoms with Gasteiger partial charge < -0.3 is 10.3 Å². The van der Waals surface area contributed by atoms with Gasteiger partial charge in [-0.3, -0.25) is 0 Å². The average Bonchev–Trinajstić information content (AvgIpc) is 2.74. The van der Waals surface area contributed by atoms with Gasteiger partial charge in [0.25, 0.3) is 0 Å². The molecule has 0 bridgehead atoms. The number of nitrogens with zero attached hydrogens (tertiary/aromatic N) is 2. The zero-order valence-corrected chi connectivity index (χ0v) is 8.07. The quantitative estimate of drug-likeness (QED) is 0.734. The third kappa shape index (κ3) is 1.40. The lowest BCUT2D eigenvalue weighted by atomic mass is 10.2. The number of hydrogen-bond acceptors (Lipinski definition) is 3. The number of aromatic nitrogens is 2. The first kappa shape index (κ1) is 8.23. The summed E-state index contributed by atoms with van der Waals surface area (Å²) in [6.45, 7) is 0.763. The normalized spacial score (nSPS) is 13.3. The number of nitrogens with one attached hydrogen (secondary N) is 2. The lowest BCUT2D eigenvalue weighted by Crippen LogP contribution is -2.13.